The van der Waals surface area contributed by atoms with E-state index in [4.69, 9.17) is 16.6 Å². The van der Waals surface area contributed by atoms with Crippen LogP contribution in [0.2, 0.25) is 0 Å². The average Bonchev–Trinajstić information content (AvgIpc) is 0.855. The van der Waals surface area contributed by atoms with Gasteiger partial charge in [-0.1, -0.05) is 62.4 Å². The maximum atomic E-state index is 14.7. The molecular weight excluding hydrogens is 1550 g/mol. The Morgan fingerprint density at radius 1 is 0.383 bits per heavy atom. The molecule has 0 spiro atoms. The number of nitrogens with one attached hydrogen (secondary N) is 13. The number of carboxylic acid groups (broad SMARTS) is 5. The summed E-state index contributed by atoms with van der Waals surface area (Å²) in [5.74, 6) is -23.3. The van der Waals surface area contributed by atoms with Gasteiger partial charge < -0.3 is 116 Å². The topological polar surface area (TPSA) is 657 Å². The van der Waals surface area contributed by atoms with E-state index >= 15 is 0 Å². The molecule has 24 N–H and O–H groups in total. The Bertz CT molecular complexity index is 3830. The molecule has 0 aromatic heterocycles. The number of aromatic hydroxyl groups is 1. The summed E-state index contributed by atoms with van der Waals surface area (Å²) in [4.78, 5) is 241. The lowest BCUT2D eigenvalue weighted by atomic mass is 10.0. The predicted octanol–water partition coefficient (Wildman–Crippen LogP) is -2.52. The summed E-state index contributed by atoms with van der Waals surface area (Å²) in [7, 11) is 0. The third-order valence-corrected chi connectivity index (χ3v) is 18.8. The molecule has 632 valence electrons. The van der Waals surface area contributed by atoms with Gasteiger partial charge in [0.1, 0.15) is 72.2 Å². The maximum absolute atomic E-state index is 14.7. The van der Waals surface area contributed by atoms with E-state index < -0.39 is 253 Å². The van der Waals surface area contributed by atoms with Crippen LogP contribution in [-0.4, -0.2) is 251 Å². The highest BCUT2D eigenvalue weighted by Gasteiger charge is 2.38. The van der Waals surface area contributed by atoms with Crippen LogP contribution in [-0.2, 0) is 92.7 Å². The highest BCUT2D eigenvalue weighted by Crippen LogP contribution is 2.17. The molecule has 0 saturated heterocycles. The predicted molar refractivity (Wildman–Crippen MR) is 416 cm³/mol. The number of aliphatic hydroxyl groups excluding tert-OH is 1. The molecule has 0 aliphatic rings. The van der Waals surface area contributed by atoms with Gasteiger partial charge in [0.15, 0.2) is 0 Å². The van der Waals surface area contributed by atoms with Crippen molar-refractivity contribution in [2.45, 2.75) is 197 Å². The fraction of sp³-hybridized carbons (Fsp3) is 0.507. The minimum Gasteiger partial charge on any atom is -0.508 e. The second kappa shape index (κ2) is 51.3. The van der Waals surface area contributed by atoms with Crippen LogP contribution in [0, 0.1) is 5.92 Å². The molecule has 0 aliphatic heterocycles. The van der Waals surface area contributed by atoms with E-state index in [2.05, 4.69) is 69.1 Å². The number of phenols is 1. The average molecular weight is 1650 g/mol. The molecule has 3 rings (SSSR count). The van der Waals surface area contributed by atoms with Crippen molar-refractivity contribution in [2.75, 3.05) is 40.2 Å². The Hall–Kier alpha value is -11.5. The molecule has 0 saturated carbocycles. The van der Waals surface area contributed by atoms with Crippen molar-refractivity contribution in [1.29, 1.82) is 0 Å². The standard InChI is InChI=1S/C73H103N15O25S2/c1-38(2)32-51(85-72(111)61(41(5)89)88-63(102)40(4)76-65(104)47(24-28-58(95)96)81-69(108)52(33-42-19-21-45(90)22-20-42)84-64(103)46(75)23-27-57(93)94)68(107)82-48(25-29-59(97)98)66(105)80-49(26-30-60(99)100)67(106)86-54(35-115-37-56(92)79-44-16-10-7-11-17-44)71(110)87-53(34-114-36-55(91)78-43-14-8-6-9-15-43)70(109)77-39(3)62(101)83-50(73(112)113)18-12-13-31-74/h6-11,14-17,19-22,38-41,46-54,61,89-90H,12-13,18,23-37,74-75H2,1-5H3,(H,76,104)(H,77,109)(H,78,91)(H,79,92)(H,80,105)(H,81,108)(H,82,107)(H,83,101)(H,84,103)(H,85,111)(H,86,106)(H,87,110)(H,88,102)(H,93,94)(H,95,96)(H,97,98)(H,99,100)(H,112,113)/t39-,40-,41+,46-,47-,48-,49-,50-,51-,52-,53-,54-,61-/m0/s1. The first-order valence-corrected chi connectivity index (χ1v) is 38.8. The number of rotatable bonds is 54. The van der Waals surface area contributed by atoms with Crippen LogP contribution in [0.25, 0.3) is 0 Å². The van der Waals surface area contributed by atoms with E-state index in [0.29, 0.717) is 29.8 Å². The molecule has 13 amide bonds. The molecule has 0 heterocycles. The fourth-order valence-corrected chi connectivity index (χ4v) is 12.2. The number of para-hydroxylation sites is 2. The number of anilines is 2. The number of carbonyl (C=O) groups is 18. The van der Waals surface area contributed by atoms with E-state index in [9.17, 15) is 117 Å². The maximum Gasteiger partial charge on any atom is 0.326 e. The van der Waals surface area contributed by atoms with Crippen molar-refractivity contribution >= 4 is 142 Å². The van der Waals surface area contributed by atoms with Crippen LogP contribution in [0.4, 0.5) is 11.4 Å². The van der Waals surface area contributed by atoms with Crippen LogP contribution >= 0.6 is 23.5 Å². The number of phenolic OH excluding ortho intramolecular Hbond substituents is 1. The fourth-order valence-electron chi connectivity index (χ4n) is 10.5. The molecule has 40 nitrogen and oxygen atoms in total. The molecule has 0 radical (unpaired) electrons. The van der Waals surface area contributed by atoms with Crippen LogP contribution in [0.15, 0.2) is 84.9 Å². The zero-order valence-electron chi connectivity index (χ0n) is 63.8. The Morgan fingerprint density at radius 3 is 1.15 bits per heavy atom. The quantitative estimate of drug-likeness (QED) is 0.0259. The number of thioether (sulfide) groups is 2. The second-order valence-corrected chi connectivity index (χ2v) is 29.1. The first-order chi connectivity index (χ1) is 54.3. The molecule has 0 fully saturated rings. The molecule has 3 aromatic rings. The molecule has 0 unspecified atom stereocenters. The summed E-state index contributed by atoms with van der Waals surface area (Å²) in [5, 5.41) is 100. The molecular formula is C73H103N15O25S2. The van der Waals surface area contributed by atoms with Crippen LogP contribution in [0.1, 0.15) is 117 Å². The third kappa shape index (κ3) is 38.7. The molecule has 0 aliphatic carbocycles. The van der Waals surface area contributed by atoms with Crippen LogP contribution in [0.5, 0.6) is 5.75 Å². The number of carbonyl (C=O) groups excluding carboxylic acids is 13. The Labute approximate surface area is 669 Å². The first-order valence-electron chi connectivity index (χ1n) is 36.5. The number of carboxylic acids is 5. The zero-order valence-corrected chi connectivity index (χ0v) is 65.5. The van der Waals surface area contributed by atoms with Gasteiger partial charge in [-0.05, 0) is 127 Å². The zero-order chi connectivity index (χ0) is 86.0. The van der Waals surface area contributed by atoms with Gasteiger partial charge in [0.05, 0.1) is 23.7 Å². The lowest BCUT2D eigenvalue weighted by molar-refractivity contribution is -0.142. The summed E-state index contributed by atoms with van der Waals surface area (Å²) in [5.41, 5.74) is 12.6. The molecule has 42 heteroatoms. The van der Waals surface area contributed by atoms with Gasteiger partial charge in [-0.15, -0.1) is 23.5 Å². The lowest BCUT2D eigenvalue weighted by Gasteiger charge is -2.29. The number of aliphatic hydroxyl groups is 1. The highest BCUT2D eigenvalue weighted by molar-refractivity contribution is 8.00. The number of nitrogens with two attached hydrogens (primary N) is 2. The molecule has 13 atom stereocenters. The summed E-state index contributed by atoms with van der Waals surface area (Å²) >= 11 is 1.60. The van der Waals surface area contributed by atoms with Crippen LogP contribution < -0.4 is 80.6 Å². The van der Waals surface area contributed by atoms with Crippen LogP contribution in [0.3, 0.4) is 0 Å². The monoisotopic (exact) mass is 1650 g/mol. The van der Waals surface area contributed by atoms with Crippen molar-refractivity contribution < 1.29 is 122 Å². The minimum atomic E-state index is -1.97. The minimum absolute atomic E-state index is 0.0183. The number of benzene rings is 3. The lowest BCUT2D eigenvalue weighted by Crippen LogP contribution is -2.62. The van der Waals surface area contributed by atoms with Gasteiger partial charge in [0.2, 0.25) is 76.8 Å². The molecule has 0 bridgehead atoms. The van der Waals surface area contributed by atoms with Crippen molar-refractivity contribution in [1.82, 2.24) is 58.5 Å². The SMILES string of the molecule is CC(C)C[C@H](NC(=O)[C@@H](NC(=O)[C@H](C)NC(=O)[C@H](CCC(=O)O)NC(=O)[C@H](Cc1ccc(O)cc1)NC(=O)[C@@H](N)CCC(=O)O)[C@@H](C)O)C(=O)N[C@@H](CCC(=O)O)C(=O)N[C@@H](CCC(=O)O)C(=O)N[C@@H](CSCC(=O)Nc1ccccc1)C(=O)N[C@@H](CSCC(=O)Nc1ccccc1)C(=O)N[C@@H](C)C(=O)N[C@@H](CCCCN)C(=O)O. The summed E-state index contributed by atoms with van der Waals surface area (Å²) in [6.45, 7) is 6.77. The van der Waals surface area contributed by atoms with E-state index in [0.717, 1.165) is 37.4 Å². The van der Waals surface area contributed by atoms with Crippen molar-refractivity contribution in [3.05, 3.63) is 90.5 Å². The number of unbranched alkanes of at least 4 members (excludes halogenated alkanes) is 1. The van der Waals surface area contributed by atoms with E-state index in [1.807, 2.05) is 0 Å². The number of aliphatic carboxylic acids is 5. The van der Waals surface area contributed by atoms with Crippen molar-refractivity contribution in [2.24, 2.45) is 17.4 Å². The van der Waals surface area contributed by atoms with Gasteiger partial charge in [-0.25, -0.2) is 4.79 Å². The van der Waals surface area contributed by atoms with Crippen molar-refractivity contribution in [3.63, 3.8) is 0 Å². The van der Waals surface area contributed by atoms with Gasteiger partial charge in [-0.3, -0.25) is 81.5 Å². The second-order valence-electron chi connectivity index (χ2n) is 27.0. The largest absolute Gasteiger partial charge is 0.508 e. The summed E-state index contributed by atoms with van der Waals surface area (Å²) < 4.78 is 0. The van der Waals surface area contributed by atoms with Gasteiger partial charge in [0, 0.05) is 55.0 Å². The Balaban J connectivity index is 1.97. The van der Waals surface area contributed by atoms with E-state index in [1.165, 1.54) is 31.2 Å². The Kier molecular flexibility index (Phi) is 43.6. The Morgan fingerprint density at radius 2 is 0.739 bits per heavy atom. The van der Waals surface area contributed by atoms with Gasteiger partial charge >= 0.3 is 29.8 Å². The highest BCUT2D eigenvalue weighted by atomic mass is 32.2. The normalized spacial score (nSPS) is 14.4. The van der Waals surface area contributed by atoms with Crippen molar-refractivity contribution in [3.8, 4) is 5.75 Å². The summed E-state index contributed by atoms with van der Waals surface area (Å²) in [6, 6.07) is 1.26. The van der Waals surface area contributed by atoms with Gasteiger partial charge in [0.25, 0.3) is 0 Å². The smallest absolute Gasteiger partial charge is 0.326 e. The molecule has 3 aromatic carbocycles. The van der Waals surface area contributed by atoms with E-state index in [-0.39, 0.29) is 43.7 Å². The molecule has 115 heavy (non-hydrogen) atoms. The first kappa shape index (κ1) is 97.7. The number of amides is 13. The van der Waals surface area contributed by atoms with Gasteiger partial charge in [-0.2, -0.15) is 0 Å². The number of hydrogen-bond donors (Lipinski definition) is 22. The van der Waals surface area contributed by atoms with E-state index in [1.54, 1.807) is 74.5 Å². The third-order valence-electron chi connectivity index (χ3n) is 16.7. The summed E-state index contributed by atoms with van der Waals surface area (Å²) in [6.07, 6.45) is -7.14. The number of hydrogen-bond acceptors (Lipinski definition) is 24.